The van der Waals surface area contributed by atoms with Crippen LogP contribution in [-0.4, -0.2) is 14.8 Å². The molecule has 6 nitrogen and oxygen atoms in total. The summed E-state index contributed by atoms with van der Waals surface area (Å²) in [5, 5.41) is 26.5. The lowest BCUT2D eigenvalue weighted by atomic mass is 9.97. The summed E-state index contributed by atoms with van der Waals surface area (Å²) in [6.07, 6.45) is 3.16. The van der Waals surface area contributed by atoms with Crippen molar-refractivity contribution >= 4 is 0 Å². The number of hydrogen-bond acceptors (Lipinski definition) is 5. The molecule has 0 saturated heterocycles. The van der Waals surface area contributed by atoms with Crippen LogP contribution in [0.25, 0.3) is 11.3 Å². The Morgan fingerprint density at radius 1 is 0.889 bits per heavy atom. The van der Waals surface area contributed by atoms with Crippen LogP contribution in [0.1, 0.15) is 28.5 Å². The Morgan fingerprint density at radius 2 is 1.67 bits per heavy atom. The standard InChI is InChI=1S/C21H13N5O/c22-11-15-6-7-18(17(10-15)12-23)21(26-13-24-25-14-26)20-9-8-19(27-20)16-4-2-1-3-5-16/h1-10,13-14,21H. The molecule has 4 rings (SSSR count). The van der Waals surface area contributed by atoms with E-state index in [4.69, 9.17) is 9.68 Å². The van der Waals surface area contributed by atoms with Crippen molar-refractivity contribution in [3.05, 3.63) is 95.8 Å². The summed E-state index contributed by atoms with van der Waals surface area (Å²) in [6.45, 7) is 0. The smallest absolute Gasteiger partial charge is 0.134 e. The molecule has 0 fully saturated rings. The SMILES string of the molecule is N#Cc1ccc(C(c2ccc(-c3ccccc3)o2)n2cnnc2)c(C#N)c1. The highest BCUT2D eigenvalue weighted by atomic mass is 16.3. The first-order valence-electron chi connectivity index (χ1n) is 8.23. The fourth-order valence-corrected chi connectivity index (χ4v) is 3.02. The first kappa shape index (κ1) is 16.3. The minimum atomic E-state index is -0.417. The topological polar surface area (TPSA) is 91.4 Å². The minimum Gasteiger partial charge on any atom is -0.459 e. The Hall–Kier alpha value is -4.16. The van der Waals surface area contributed by atoms with Gasteiger partial charge >= 0.3 is 0 Å². The molecule has 2 aromatic heterocycles. The van der Waals surface area contributed by atoms with Crippen molar-refractivity contribution in [2.24, 2.45) is 0 Å². The molecule has 2 heterocycles. The third-order valence-electron chi connectivity index (χ3n) is 4.29. The molecule has 1 unspecified atom stereocenters. The summed E-state index contributed by atoms with van der Waals surface area (Å²) in [4.78, 5) is 0. The van der Waals surface area contributed by atoms with Crippen LogP contribution >= 0.6 is 0 Å². The number of rotatable bonds is 4. The Balaban J connectivity index is 1.84. The van der Waals surface area contributed by atoms with Crippen molar-refractivity contribution in [3.63, 3.8) is 0 Å². The van der Waals surface area contributed by atoms with Crippen LogP contribution in [0.5, 0.6) is 0 Å². The molecule has 6 heteroatoms. The zero-order valence-corrected chi connectivity index (χ0v) is 14.1. The van der Waals surface area contributed by atoms with Crippen molar-refractivity contribution in [1.82, 2.24) is 14.8 Å². The molecular formula is C21H13N5O. The van der Waals surface area contributed by atoms with E-state index in [0.717, 1.165) is 11.3 Å². The van der Waals surface area contributed by atoms with Crippen LogP contribution in [-0.2, 0) is 0 Å². The van der Waals surface area contributed by atoms with Crippen molar-refractivity contribution < 1.29 is 4.42 Å². The number of furan rings is 1. The van der Waals surface area contributed by atoms with Crippen LogP contribution in [0.3, 0.4) is 0 Å². The van der Waals surface area contributed by atoms with E-state index >= 15 is 0 Å². The average molecular weight is 351 g/mol. The Morgan fingerprint density at radius 3 is 2.37 bits per heavy atom. The molecule has 128 valence electrons. The van der Waals surface area contributed by atoms with Gasteiger partial charge in [0.15, 0.2) is 0 Å². The summed E-state index contributed by atoms with van der Waals surface area (Å²) in [5.74, 6) is 1.38. The van der Waals surface area contributed by atoms with E-state index < -0.39 is 6.04 Å². The van der Waals surface area contributed by atoms with Gasteiger partial charge in [-0.1, -0.05) is 36.4 Å². The Kier molecular flexibility index (Phi) is 4.22. The number of hydrogen-bond donors (Lipinski definition) is 0. The van der Waals surface area contributed by atoms with Gasteiger partial charge in [0.1, 0.15) is 30.2 Å². The predicted octanol–water partition coefficient (Wildman–Crippen LogP) is 3.92. The lowest BCUT2D eigenvalue weighted by Crippen LogP contribution is -2.11. The molecule has 0 spiro atoms. The van der Waals surface area contributed by atoms with Crippen molar-refractivity contribution in [2.45, 2.75) is 6.04 Å². The van der Waals surface area contributed by atoms with Crippen LogP contribution in [0.2, 0.25) is 0 Å². The molecule has 0 N–H and O–H groups in total. The number of aromatic nitrogens is 3. The van der Waals surface area contributed by atoms with Crippen LogP contribution in [0.4, 0.5) is 0 Å². The molecule has 0 radical (unpaired) electrons. The zero-order valence-electron chi connectivity index (χ0n) is 14.1. The van der Waals surface area contributed by atoms with E-state index in [2.05, 4.69) is 22.3 Å². The van der Waals surface area contributed by atoms with E-state index in [1.165, 1.54) is 0 Å². The largest absolute Gasteiger partial charge is 0.459 e. The number of benzene rings is 2. The molecule has 0 aliphatic rings. The first-order chi connectivity index (χ1) is 13.3. The molecule has 0 bridgehead atoms. The summed E-state index contributed by atoms with van der Waals surface area (Å²) >= 11 is 0. The lowest BCUT2D eigenvalue weighted by Gasteiger charge is -2.17. The second-order valence-electron chi connectivity index (χ2n) is 5.91. The normalized spacial score (nSPS) is 11.5. The molecule has 2 aromatic carbocycles. The highest BCUT2D eigenvalue weighted by Gasteiger charge is 2.23. The minimum absolute atomic E-state index is 0.408. The van der Waals surface area contributed by atoms with Gasteiger partial charge in [-0.25, -0.2) is 0 Å². The molecule has 0 saturated carbocycles. The van der Waals surface area contributed by atoms with E-state index in [1.807, 2.05) is 42.5 Å². The van der Waals surface area contributed by atoms with Gasteiger partial charge in [0.05, 0.1) is 23.3 Å². The van der Waals surface area contributed by atoms with E-state index in [-0.39, 0.29) is 0 Å². The maximum absolute atomic E-state index is 9.58. The van der Waals surface area contributed by atoms with Crippen LogP contribution in [0, 0.1) is 22.7 Å². The third-order valence-corrected chi connectivity index (χ3v) is 4.29. The molecule has 0 aliphatic carbocycles. The van der Waals surface area contributed by atoms with Crippen molar-refractivity contribution in [2.75, 3.05) is 0 Å². The monoisotopic (exact) mass is 351 g/mol. The summed E-state index contributed by atoms with van der Waals surface area (Å²) in [6, 6.07) is 22.4. The van der Waals surface area contributed by atoms with Gasteiger partial charge in [-0.05, 0) is 24.3 Å². The van der Waals surface area contributed by atoms with Crippen molar-refractivity contribution in [3.8, 4) is 23.5 Å². The molecule has 27 heavy (non-hydrogen) atoms. The molecule has 0 amide bonds. The quantitative estimate of drug-likeness (QED) is 0.556. The Labute approximate surface area is 155 Å². The second-order valence-corrected chi connectivity index (χ2v) is 5.91. The highest BCUT2D eigenvalue weighted by molar-refractivity contribution is 5.58. The average Bonchev–Trinajstić information content (AvgIpc) is 3.42. The second kappa shape index (κ2) is 6.99. The fraction of sp³-hybridized carbons (Fsp3) is 0.0476. The van der Waals surface area contributed by atoms with E-state index in [9.17, 15) is 5.26 Å². The highest BCUT2D eigenvalue weighted by Crippen LogP contribution is 2.33. The zero-order chi connectivity index (χ0) is 18.6. The van der Waals surface area contributed by atoms with Gasteiger partial charge in [-0.2, -0.15) is 10.5 Å². The number of nitrogens with zero attached hydrogens (tertiary/aromatic N) is 5. The van der Waals surface area contributed by atoms with Gasteiger partial charge in [-0.3, -0.25) is 0 Å². The summed E-state index contributed by atoms with van der Waals surface area (Å²) in [5.41, 5.74) is 2.52. The Bertz CT molecular complexity index is 1150. The van der Waals surface area contributed by atoms with Gasteiger partial charge in [-0.15, -0.1) is 10.2 Å². The molecule has 0 aliphatic heterocycles. The van der Waals surface area contributed by atoms with Gasteiger partial charge in [0.25, 0.3) is 0 Å². The van der Waals surface area contributed by atoms with Gasteiger partial charge in [0, 0.05) is 11.1 Å². The van der Waals surface area contributed by atoms with Crippen LogP contribution < -0.4 is 0 Å². The van der Waals surface area contributed by atoms with E-state index in [0.29, 0.717) is 22.5 Å². The predicted molar refractivity (Wildman–Crippen MR) is 97.3 cm³/mol. The van der Waals surface area contributed by atoms with Crippen molar-refractivity contribution in [1.29, 1.82) is 10.5 Å². The molecular weight excluding hydrogens is 338 g/mol. The van der Waals surface area contributed by atoms with Gasteiger partial charge < -0.3 is 8.98 Å². The maximum Gasteiger partial charge on any atom is 0.134 e. The fourth-order valence-electron chi connectivity index (χ4n) is 3.02. The maximum atomic E-state index is 9.58. The third kappa shape index (κ3) is 3.08. The first-order valence-corrected chi connectivity index (χ1v) is 8.23. The van der Waals surface area contributed by atoms with Gasteiger partial charge in [0.2, 0.25) is 0 Å². The summed E-state index contributed by atoms with van der Waals surface area (Å²) < 4.78 is 7.89. The molecule has 4 aromatic rings. The lowest BCUT2D eigenvalue weighted by molar-refractivity contribution is 0.469. The van der Waals surface area contributed by atoms with Crippen LogP contribution in [0.15, 0.2) is 77.7 Å². The molecule has 1 atom stereocenters. The summed E-state index contributed by atoms with van der Waals surface area (Å²) in [7, 11) is 0. The van der Waals surface area contributed by atoms with E-state index in [1.54, 1.807) is 35.4 Å². The number of nitriles is 2.